The van der Waals surface area contributed by atoms with Gasteiger partial charge < -0.3 is 0 Å². The standard InChI is InChI=1S/C16H15N4O.C7H9N2S.Sn/c1-11(2)21-14-6-12(8-17-10-14)20-13-7-16-15(19-9-13)4-3-5-18-16;1-2-4-6(3-1)7-9-8-5-10-7;/h3-4,6-11,20H,1-2H3;6H,1-4H2;. The van der Waals surface area contributed by atoms with Crippen molar-refractivity contribution in [2.75, 3.05) is 5.32 Å². The molecule has 1 N–H and O–H groups in total. The summed E-state index contributed by atoms with van der Waals surface area (Å²) >= 11 is 0.728. The zero-order valence-electron chi connectivity index (χ0n) is 18.1. The molecule has 4 aromatic rings. The van der Waals surface area contributed by atoms with Crippen molar-refractivity contribution in [3.8, 4) is 5.75 Å². The molecule has 9 heteroatoms. The normalized spacial score (nSPS) is 14.3. The van der Waals surface area contributed by atoms with Crippen molar-refractivity contribution >= 4 is 61.6 Å². The van der Waals surface area contributed by atoms with E-state index in [1.54, 1.807) is 12.4 Å². The number of rotatable bonds is 7. The first-order valence-electron chi connectivity index (χ1n) is 10.9. The van der Waals surface area contributed by atoms with Crippen LogP contribution in [0.2, 0.25) is 0 Å². The summed E-state index contributed by atoms with van der Waals surface area (Å²) in [4.78, 5) is 13.7. The number of aromatic nitrogens is 5. The fraction of sp³-hybridized carbons (Fsp3) is 0.348. The zero-order valence-corrected chi connectivity index (χ0v) is 21.7. The van der Waals surface area contributed by atoms with Crippen LogP contribution in [0.4, 0.5) is 11.4 Å². The maximum atomic E-state index is 5.73. The zero-order chi connectivity index (χ0) is 21.9. The van der Waals surface area contributed by atoms with Crippen LogP contribution < -0.4 is 16.8 Å². The van der Waals surface area contributed by atoms with Crippen LogP contribution in [0.25, 0.3) is 11.0 Å². The molecule has 0 bridgehead atoms. The van der Waals surface area contributed by atoms with Gasteiger partial charge in [-0.3, -0.25) is 0 Å². The van der Waals surface area contributed by atoms with E-state index < -0.39 is 21.1 Å². The van der Waals surface area contributed by atoms with Crippen LogP contribution in [0.1, 0.15) is 50.5 Å². The summed E-state index contributed by atoms with van der Waals surface area (Å²) < 4.78 is 8.07. The van der Waals surface area contributed by atoms with Gasteiger partial charge in [-0.1, -0.05) is 0 Å². The molecule has 1 aliphatic rings. The SMILES string of the molecule is CC(C)Oc1cncc(Nc2cnc3cc[c]([Sn][c]4nnc(C5CCCC5)s4)nc3c2)c1. The van der Waals surface area contributed by atoms with Crippen LogP contribution in [-0.4, -0.2) is 52.4 Å². The van der Waals surface area contributed by atoms with E-state index in [1.807, 2.05) is 43.5 Å². The second-order valence-electron chi connectivity index (χ2n) is 8.21. The van der Waals surface area contributed by atoms with Crippen LogP contribution in [0.5, 0.6) is 5.75 Å². The van der Waals surface area contributed by atoms with Crippen molar-refractivity contribution in [3.05, 3.63) is 47.9 Å². The minimum absolute atomic E-state index is 0.101. The van der Waals surface area contributed by atoms with E-state index in [-0.39, 0.29) is 6.10 Å². The van der Waals surface area contributed by atoms with E-state index >= 15 is 0 Å². The molecule has 162 valence electrons. The number of ether oxygens (including phenoxy) is 1. The molecular formula is C23H24N6OSSn. The minimum atomic E-state index is -1.08. The van der Waals surface area contributed by atoms with Gasteiger partial charge in [0.2, 0.25) is 0 Å². The Balaban J connectivity index is 1.33. The summed E-state index contributed by atoms with van der Waals surface area (Å²) in [5.41, 5.74) is 3.50. The Morgan fingerprint density at radius 1 is 1.03 bits per heavy atom. The molecule has 0 saturated heterocycles. The molecule has 32 heavy (non-hydrogen) atoms. The molecule has 7 nitrogen and oxygen atoms in total. The second kappa shape index (κ2) is 9.66. The predicted octanol–water partition coefficient (Wildman–Crippen LogP) is 3.72. The van der Waals surface area contributed by atoms with Gasteiger partial charge in [0.1, 0.15) is 0 Å². The molecule has 4 heterocycles. The Hall–Kier alpha value is -2.33. The third-order valence-electron chi connectivity index (χ3n) is 5.29. The number of anilines is 2. The van der Waals surface area contributed by atoms with E-state index in [9.17, 15) is 0 Å². The maximum absolute atomic E-state index is 5.73. The van der Waals surface area contributed by atoms with Crippen molar-refractivity contribution in [2.45, 2.75) is 51.6 Å². The molecule has 0 aliphatic heterocycles. The fourth-order valence-electron chi connectivity index (χ4n) is 3.87. The molecule has 1 fully saturated rings. The first-order valence-corrected chi connectivity index (χ1v) is 14.6. The molecule has 1 aliphatic carbocycles. The Bertz CT molecular complexity index is 1220. The van der Waals surface area contributed by atoms with E-state index in [0.717, 1.165) is 31.9 Å². The molecule has 4 aromatic heterocycles. The summed E-state index contributed by atoms with van der Waals surface area (Å²) in [7, 11) is 0. The van der Waals surface area contributed by atoms with Crippen molar-refractivity contribution in [1.82, 2.24) is 25.1 Å². The molecular weight excluding hydrogens is 527 g/mol. The van der Waals surface area contributed by atoms with Crippen molar-refractivity contribution in [2.24, 2.45) is 0 Å². The number of nitrogens with zero attached hydrogens (tertiary/aromatic N) is 5. The average Bonchev–Trinajstić information content (AvgIpc) is 3.45. The first kappa shape index (κ1) is 21.5. The fourth-order valence-corrected chi connectivity index (χ4v) is 8.61. The van der Waals surface area contributed by atoms with Crippen LogP contribution in [0.3, 0.4) is 0 Å². The number of pyridine rings is 3. The van der Waals surface area contributed by atoms with Crippen molar-refractivity contribution in [3.63, 3.8) is 0 Å². The summed E-state index contributed by atoms with van der Waals surface area (Å²) in [6.07, 6.45) is 10.6. The summed E-state index contributed by atoms with van der Waals surface area (Å²) in [5, 5.41) is 13.6. The number of nitrogens with one attached hydrogen (secondary N) is 1. The van der Waals surface area contributed by atoms with Gasteiger partial charge in [0.15, 0.2) is 0 Å². The van der Waals surface area contributed by atoms with Crippen LogP contribution in [-0.2, 0) is 0 Å². The third-order valence-corrected chi connectivity index (χ3v) is 10.2. The topological polar surface area (TPSA) is 85.7 Å². The third kappa shape index (κ3) is 5.17. The molecule has 1 saturated carbocycles. The van der Waals surface area contributed by atoms with E-state index in [1.165, 1.54) is 33.7 Å². The quantitative estimate of drug-likeness (QED) is 0.351. The molecule has 0 amide bonds. The number of fused-ring (bicyclic) bond motifs is 1. The summed E-state index contributed by atoms with van der Waals surface area (Å²) in [5.74, 6) is 1.36. The monoisotopic (exact) mass is 552 g/mol. The summed E-state index contributed by atoms with van der Waals surface area (Å²) in [6.45, 7) is 4.00. The molecule has 2 radical (unpaired) electrons. The Morgan fingerprint density at radius 2 is 1.88 bits per heavy atom. The second-order valence-corrected chi connectivity index (χ2v) is 13.8. The predicted molar refractivity (Wildman–Crippen MR) is 129 cm³/mol. The van der Waals surface area contributed by atoms with Gasteiger partial charge in [0, 0.05) is 0 Å². The van der Waals surface area contributed by atoms with Gasteiger partial charge in [-0.2, -0.15) is 0 Å². The van der Waals surface area contributed by atoms with Crippen molar-refractivity contribution < 1.29 is 4.74 Å². The van der Waals surface area contributed by atoms with Gasteiger partial charge in [0.25, 0.3) is 0 Å². The van der Waals surface area contributed by atoms with E-state index in [0.29, 0.717) is 5.92 Å². The number of hydrogen-bond acceptors (Lipinski definition) is 8. The van der Waals surface area contributed by atoms with Crippen LogP contribution >= 0.6 is 11.3 Å². The Kier molecular flexibility index (Phi) is 6.49. The van der Waals surface area contributed by atoms with E-state index in [4.69, 9.17) is 9.72 Å². The molecule has 0 unspecified atom stereocenters. The number of hydrogen-bond donors (Lipinski definition) is 1. The van der Waals surface area contributed by atoms with E-state index in [2.05, 4.69) is 37.6 Å². The van der Waals surface area contributed by atoms with Crippen molar-refractivity contribution in [1.29, 1.82) is 0 Å². The first-order chi connectivity index (χ1) is 15.6. The Labute approximate surface area is 201 Å². The molecule has 0 spiro atoms. The molecule has 0 aromatic carbocycles. The van der Waals surface area contributed by atoms with Gasteiger partial charge in [-0.25, -0.2) is 0 Å². The molecule has 0 atom stereocenters. The van der Waals surface area contributed by atoms with Gasteiger partial charge in [0.05, 0.1) is 0 Å². The summed E-state index contributed by atoms with van der Waals surface area (Å²) in [6, 6.07) is 8.12. The van der Waals surface area contributed by atoms with Crippen LogP contribution in [0, 0.1) is 0 Å². The van der Waals surface area contributed by atoms with Gasteiger partial charge in [-0.15, -0.1) is 0 Å². The Morgan fingerprint density at radius 3 is 2.72 bits per heavy atom. The average molecular weight is 551 g/mol. The van der Waals surface area contributed by atoms with Gasteiger partial charge >= 0.3 is 202 Å². The van der Waals surface area contributed by atoms with Gasteiger partial charge in [-0.05, 0) is 0 Å². The van der Waals surface area contributed by atoms with Crippen LogP contribution in [0.15, 0.2) is 42.9 Å². The molecule has 5 rings (SSSR count).